The van der Waals surface area contributed by atoms with Crippen LogP contribution in [-0.4, -0.2) is 50.6 Å². The molecule has 0 spiro atoms. The highest BCUT2D eigenvalue weighted by molar-refractivity contribution is 7.89. The Morgan fingerprint density at radius 2 is 1.61 bits per heavy atom. The monoisotopic (exact) mass is 466 g/mol. The van der Waals surface area contributed by atoms with Gasteiger partial charge in [0.1, 0.15) is 11.5 Å². The molecule has 0 aliphatic carbocycles. The van der Waals surface area contributed by atoms with Gasteiger partial charge < -0.3 is 14.2 Å². The first-order chi connectivity index (χ1) is 16.0. The highest BCUT2D eigenvalue weighted by atomic mass is 32.2. The summed E-state index contributed by atoms with van der Waals surface area (Å²) in [4.78, 5) is 2.53. The van der Waals surface area contributed by atoms with Crippen LogP contribution >= 0.6 is 0 Å². The molecule has 3 aromatic carbocycles. The number of rotatable bonds is 6. The summed E-state index contributed by atoms with van der Waals surface area (Å²) in [6, 6.07) is 20.3. The van der Waals surface area contributed by atoms with Gasteiger partial charge in [0.2, 0.25) is 16.8 Å². The Hall–Kier alpha value is -3.07. The van der Waals surface area contributed by atoms with Gasteiger partial charge in [0.05, 0.1) is 4.90 Å². The Bertz CT molecular complexity index is 1240. The van der Waals surface area contributed by atoms with Crippen molar-refractivity contribution in [2.24, 2.45) is 0 Å². The van der Waals surface area contributed by atoms with E-state index in [1.54, 1.807) is 28.6 Å². The van der Waals surface area contributed by atoms with Crippen LogP contribution in [0.1, 0.15) is 11.1 Å². The molecule has 5 rings (SSSR count). The summed E-state index contributed by atoms with van der Waals surface area (Å²) in [5, 5.41) is 0. The van der Waals surface area contributed by atoms with E-state index in [1.807, 2.05) is 49.4 Å². The van der Waals surface area contributed by atoms with Gasteiger partial charge in [-0.25, -0.2) is 8.42 Å². The molecule has 2 aliphatic heterocycles. The van der Waals surface area contributed by atoms with Crippen molar-refractivity contribution >= 4 is 10.0 Å². The predicted molar refractivity (Wildman–Crippen MR) is 124 cm³/mol. The molecule has 0 radical (unpaired) electrons. The summed E-state index contributed by atoms with van der Waals surface area (Å²) in [7, 11) is -3.55. The molecule has 0 aromatic heterocycles. The number of benzene rings is 3. The molecular weight excluding hydrogens is 440 g/mol. The van der Waals surface area contributed by atoms with Gasteiger partial charge in [0.25, 0.3) is 0 Å². The fourth-order valence-corrected chi connectivity index (χ4v) is 5.47. The molecule has 172 valence electrons. The molecule has 2 heterocycles. The number of sulfonamides is 1. The quantitative estimate of drug-likeness (QED) is 0.547. The van der Waals surface area contributed by atoms with Crippen molar-refractivity contribution in [1.82, 2.24) is 9.21 Å². The number of nitrogens with zero attached hydrogens (tertiary/aromatic N) is 2. The largest absolute Gasteiger partial charge is 0.457 e. The van der Waals surface area contributed by atoms with Crippen molar-refractivity contribution in [3.63, 3.8) is 0 Å². The molecule has 0 amide bonds. The maximum absolute atomic E-state index is 13.1. The van der Waals surface area contributed by atoms with Crippen LogP contribution in [0.25, 0.3) is 0 Å². The highest BCUT2D eigenvalue weighted by Gasteiger charge is 2.28. The number of aryl methyl sites for hydroxylation is 1. The molecule has 1 fully saturated rings. The third kappa shape index (κ3) is 4.68. The Kier molecular flexibility index (Phi) is 5.97. The topological polar surface area (TPSA) is 68.3 Å². The van der Waals surface area contributed by atoms with Gasteiger partial charge in [0, 0.05) is 32.7 Å². The molecule has 0 N–H and O–H groups in total. The van der Waals surface area contributed by atoms with Gasteiger partial charge in [-0.05, 0) is 60.5 Å². The molecule has 33 heavy (non-hydrogen) atoms. The smallest absolute Gasteiger partial charge is 0.243 e. The lowest BCUT2D eigenvalue weighted by atomic mass is 10.2. The van der Waals surface area contributed by atoms with E-state index in [2.05, 4.69) is 4.90 Å². The van der Waals surface area contributed by atoms with Gasteiger partial charge in [-0.2, -0.15) is 4.31 Å². The van der Waals surface area contributed by atoms with Crippen LogP contribution in [0.2, 0.25) is 0 Å². The van der Waals surface area contributed by atoms with E-state index in [-0.39, 0.29) is 11.7 Å². The summed E-state index contributed by atoms with van der Waals surface area (Å²) in [5.41, 5.74) is 2.15. The first kappa shape index (κ1) is 21.8. The third-order valence-electron chi connectivity index (χ3n) is 5.96. The van der Waals surface area contributed by atoms with Gasteiger partial charge in [-0.3, -0.25) is 4.90 Å². The maximum Gasteiger partial charge on any atom is 0.243 e. The van der Waals surface area contributed by atoms with Crippen LogP contribution in [0.5, 0.6) is 23.0 Å². The summed E-state index contributed by atoms with van der Waals surface area (Å²) < 4.78 is 44.5. The van der Waals surface area contributed by atoms with Gasteiger partial charge >= 0.3 is 0 Å². The second-order valence-electron chi connectivity index (χ2n) is 8.21. The molecular formula is C25H26N2O5S. The Labute approximate surface area is 194 Å². The lowest BCUT2D eigenvalue weighted by Crippen LogP contribution is -2.48. The lowest BCUT2D eigenvalue weighted by Gasteiger charge is -2.34. The lowest BCUT2D eigenvalue weighted by molar-refractivity contribution is 0.173. The second kappa shape index (κ2) is 9.05. The number of piperazine rings is 1. The van der Waals surface area contributed by atoms with E-state index in [4.69, 9.17) is 14.2 Å². The molecule has 0 saturated carbocycles. The van der Waals surface area contributed by atoms with Crippen LogP contribution in [-0.2, 0) is 16.6 Å². The minimum absolute atomic E-state index is 0.258. The normalized spacial score (nSPS) is 16.6. The van der Waals surface area contributed by atoms with E-state index in [9.17, 15) is 8.42 Å². The fourth-order valence-electron chi connectivity index (χ4n) is 4.05. The zero-order valence-electron chi connectivity index (χ0n) is 18.4. The SMILES string of the molecule is Cc1ccccc1Oc1ccc(S(=O)(=O)N2CCN(Cc3ccc4c(c3)OCO4)CC2)cc1. The molecule has 7 nitrogen and oxygen atoms in total. The molecule has 3 aromatic rings. The Balaban J connectivity index is 1.20. The molecule has 0 unspecified atom stereocenters. The molecule has 8 heteroatoms. The fraction of sp³-hybridized carbons (Fsp3) is 0.280. The Morgan fingerprint density at radius 3 is 2.36 bits per heavy atom. The van der Waals surface area contributed by atoms with Crippen LogP contribution in [0, 0.1) is 6.92 Å². The standard InChI is InChI=1S/C25H26N2O5S/c1-19-4-2-3-5-23(19)32-21-7-9-22(10-8-21)33(28,29)27-14-12-26(13-15-27)17-20-6-11-24-25(16-20)31-18-30-24/h2-11,16H,12-15,17-18H2,1H3. The molecule has 0 atom stereocenters. The molecule has 0 bridgehead atoms. The zero-order valence-corrected chi connectivity index (χ0v) is 19.3. The van der Waals surface area contributed by atoms with Crippen molar-refractivity contribution in [3.05, 3.63) is 77.9 Å². The van der Waals surface area contributed by atoms with Gasteiger partial charge in [-0.1, -0.05) is 24.3 Å². The average molecular weight is 467 g/mol. The number of para-hydroxylation sites is 1. The summed E-state index contributed by atoms with van der Waals surface area (Å²) in [5.74, 6) is 2.90. The highest BCUT2D eigenvalue weighted by Crippen LogP contribution is 2.33. The number of hydrogen-bond donors (Lipinski definition) is 0. The van der Waals surface area contributed by atoms with E-state index in [1.165, 1.54) is 0 Å². The summed E-state index contributed by atoms with van der Waals surface area (Å²) in [6.07, 6.45) is 0. The second-order valence-corrected chi connectivity index (χ2v) is 10.1. The first-order valence-corrected chi connectivity index (χ1v) is 12.4. The van der Waals surface area contributed by atoms with Crippen molar-refractivity contribution in [1.29, 1.82) is 0 Å². The van der Waals surface area contributed by atoms with Gasteiger partial charge in [0.15, 0.2) is 11.5 Å². The van der Waals surface area contributed by atoms with Crippen LogP contribution < -0.4 is 14.2 Å². The maximum atomic E-state index is 13.1. The van der Waals surface area contributed by atoms with Crippen molar-refractivity contribution in [2.45, 2.75) is 18.4 Å². The van der Waals surface area contributed by atoms with Gasteiger partial charge in [-0.15, -0.1) is 0 Å². The first-order valence-electron chi connectivity index (χ1n) is 10.9. The van der Waals surface area contributed by atoms with E-state index in [0.717, 1.165) is 34.9 Å². The van der Waals surface area contributed by atoms with E-state index >= 15 is 0 Å². The predicted octanol–water partition coefficient (Wildman–Crippen LogP) is 4.02. The third-order valence-corrected chi connectivity index (χ3v) is 7.87. The molecule has 1 saturated heterocycles. The summed E-state index contributed by atoms with van der Waals surface area (Å²) in [6.45, 7) is 5.22. The van der Waals surface area contributed by atoms with E-state index < -0.39 is 10.0 Å². The minimum atomic E-state index is -3.55. The minimum Gasteiger partial charge on any atom is -0.457 e. The number of fused-ring (bicyclic) bond motifs is 1. The average Bonchev–Trinajstić information content (AvgIpc) is 3.29. The molecule has 2 aliphatic rings. The van der Waals surface area contributed by atoms with Crippen LogP contribution in [0.3, 0.4) is 0 Å². The van der Waals surface area contributed by atoms with E-state index in [0.29, 0.717) is 31.9 Å². The number of hydrogen-bond acceptors (Lipinski definition) is 6. The zero-order chi connectivity index (χ0) is 22.8. The number of ether oxygens (including phenoxy) is 3. The van der Waals surface area contributed by atoms with Crippen LogP contribution in [0.15, 0.2) is 71.6 Å². The van der Waals surface area contributed by atoms with Crippen molar-refractivity contribution in [2.75, 3.05) is 33.0 Å². The van der Waals surface area contributed by atoms with Crippen LogP contribution in [0.4, 0.5) is 0 Å². The summed E-state index contributed by atoms with van der Waals surface area (Å²) >= 11 is 0. The van der Waals surface area contributed by atoms with Crippen molar-refractivity contribution < 1.29 is 22.6 Å². The van der Waals surface area contributed by atoms with Crippen molar-refractivity contribution in [3.8, 4) is 23.0 Å². The Morgan fingerprint density at radius 1 is 0.879 bits per heavy atom.